The summed E-state index contributed by atoms with van der Waals surface area (Å²) >= 11 is 0. The second kappa shape index (κ2) is 4.59. The zero-order chi connectivity index (χ0) is 14.3. The number of carbonyl (C=O) groups excluding carboxylic acids is 3. The maximum atomic E-state index is 11.9. The number of hydrogen-bond donors (Lipinski definition) is 1. The summed E-state index contributed by atoms with van der Waals surface area (Å²) < 4.78 is 1.91. The fraction of sp³-hybridized carbons (Fsp3) is 0.267. The van der Waals surface area contributed by atoms with E-state index in [1.54, 1.807) is 6.07 Å². The van der Waals surface area contributed by atoms with Crippen LogP contribution >= 0.6 is 0 Å². The number of imide groups is 1. The molecule has 20 heavy (non-hydrogen) atoms. The van der Waals surface area contributed by atoms with Gasteiger partial charge in [-0.05, 0) is 30.2 Å². The van der Waals surface area contributed by atoms with Crippen molar-refractivity contribution in [3.63, 3.8) is 0 Å². The third kappa shape index (κ3) is 1.91. The molecule has 102 valence electrons. The first kappa shape index (κ1) is 12.6. The summed E-state index contributed by atoms with van der Waals surface area (Å²) in [6.45, 7) is 0. The largest absolute Gasteiger partial charge is 0.351 e. The van der Waals surface area contributed by atoms with Gasteiger partial charge < -0.3 is 4.57 Å². The van der Waals surface area contributed by atoms with Gasteiger partial charge in [0.2, 0.25) is 11.8 Å². The number of piperidine rings is 1. The lowest BCUT2D eigenvalue weighted by atomic mass is 9.89. The molecule has 2 heterocycles. The van der Waals surface area contributed by atoms with E-state index < -0.39 is 0 Å². The Kier molecular flexibility index (Phi) is 2.89. The quantitative estimate of drug-likeness (QED) is 0.664. The lowest BCUT2D eigenvalue weighted by Crippen LogP contribution is -2.39. The number of benzene rings is 1. The van der Waals surface area contributed by atoms with Gasteiger partial charge >= 0.3 is 0 Å². The molecule has 1 atom stereocenters. The highest BCUT2D eigenvalue weighted by molar-refractivity contribution is 6.02. The van der Waals surface area contributed by atoms with Crippen LogP contribution < -0.4 is 5.32 Å². The Bertz CT molecular complexity index is 730. The SMILES string of the molecule is Cn1ccc2c(C=O)cc(C3CCC(=O)NC3=O)cc21. The van der Waals surface area contributed by atoms with Gasteiger partial charge in [0.05, 0.1) is 5.92 Å². The molecule has 1 fully saturated rings. The lowest BCUT2D eigenvalue weighted by Gasteiger charge is -2.21. The van der Waals surface area contributed by atoms with E-state index in [1.807, 2.05) is 29.9 Å². The van der Waals surface area contributed by atoms with E-state index in [9.17, 15) is 14.4 Å². The smallest absolute Gasteiger partial charge is 0.234 e. The first-order valence-corrected chi connectivity index (χ1v) is 6.48. The number of fused-ring (bicyclic) bond motifs is 1. The third-order valence-electron chi connectivity index (χ3n) is 3.83. The van der Waals surface area contributed by atoms with Crippen molar-refractivity contribution in [2.75, 3.05) is 0 Å². The first-order chi connectivity index (χ1) is 9.60. The van der Waals surface area contributed by atoms with E-state index in [2.05, 4.69) is 5.32 Å². The summed E-state index contributed by atoms with van der Waals surface area (Å²) in [5, 5.41) is 3.22. The Morgan fingerprint density at radius 3 is 2.85 bits per heavy atom. The van der Waals surface area contributed by atoms with Crippen molar-refractivity contribution in [2.45, 2.75) is 18.8 Å². The summed E-state index contributed by atoms with van der Waals surface area (Å²) in [5.41, 5.74) is 2.27. The van der Waals surface area contributed by atoms with Crippen LogP contribution in [-0.4, -0.2) is 22.7 Å². The normalized spacial score (nSPS) is 19.1. The van der Waals surface area contributed by atoms with Crippen molar-refractivity contribution in [1.29, 1.82) is 0 Å². The molecule has 5 heteroatoms. The molecule has 2 aromatic rings. The van der Waals surface area contributed by atoms with Crippen LogP contribution in [0.1, 0.15) is 34.7 Å². The molecule has 2 amide bonds. The molecule has 0 saturated carbocycles. The van der Waals surface area contributed by atoms with Crippen LogP contribution in [0, 0.1) is 0 Å². The Hall–Kier alpha value is -2.43. The standard InChI is InChI=1S/C15H14N2O3/c1-17-5-4-11-10(8-18)6-9(7-13(11)17)12-2-3-14(19)16-15(12)20/h4-8,12H,2-3H2,1H3,(H,16,19,20). The molecule has 1 aromatic heterocycles. The number of aldehydes is 1. The predicted molar refractivity (Wildman–Crippen MR) is 73.4 cm³/mol. The summed E-state index contributed by atoms with van der Waals surface area (Å²) in [6, 6.07) is 5.55. The van der Waals surface area contributed by atoms with Gasteiger partial charge in [-0.3, -0.25) is 19.7 Å². The number of nitrogens with zero attached hydrogens (tertiary/aromatic N) is 1. The van der Waals surface area contributed by atoms with Crippen molar-refractivity contribution in [3.8, 4) is 0 Å². The molecule has 1 aliphatic heterocycles. The van der Waals surface area contributed by atoms with E-state index in [0.717, 1.165) is 22.8 Å². The van der Waals surface area contributed by atoms with Gasteiger partial charge in [-0.2, -0.15) is 0 Å². The maximum Gasteiger partial charge on any atom is 0.234 e. The monoisotopic (exact) mass is 270 g/mol. The lowest BCUT2D eigenvalue weighted by molar-refractivity contribution is -0.134. The van der Waals surface area contributed by atoms with Crippen molar-refractivity contribution in [1.82, 2.24) is 9.88 Å². The average molecular weight is 270 g/mol. The fourth-order valence-corrected chi connectivity index (χ4v) is 2.73. The average Bonchev–Trinajstić information content (AvgIpc) is 2.80. The summed E-state index contributed by atoms with van der Waals surface area (Å²) in [7, 11) is 1.89. The molecule has 3 rings (SSSR count). The molecule has 0 radical (unpaired) electrons. The van der Waals surface area contributed by atoms with Gasteiger partial charge in [-0.15, -0.1) is 0 Å². The number of hydrogen-bond acceptors (Lipinski definition) is 3. The highest BCUT2D eigenvalue weighted by atomic mass is 16.2. The third-order valence-corrected chi connectivity index (χ3v) is 3.83. The minimum atomic E-state index is -0.370. The maximum absolute atomic E-state index is 11.9. The van der Waals surface area contributed by atoms with Crippen LogP contribution in [0.25, 0.3) is 10.9 Å². The van der Waals surface area contributed by atoms with Crippen LogP contribution in [-0.2, 0) is 16.6 Å². The van der Waals surface area contributed by atoms with Gasteiger partial charge in [-0.1, -0.05) is 0 Å². The number of aryl methyl sites for hydroxylation is 1. The second-order valence-electron chi connectivity index (χ2n) is 5.09. The Morgan fingerprint density at radius 2 is 2.15 bits per heavy atom. The van der Waals surface area contributed by atoms with Gasteiger partial charge in [-0.25, -0.2) is 0 Å². The molecule has 1 unspecified atom stereocenters. The summed E-state index contributed by atoms with van der Waals surface area (Å²) in [5.74, 6) is -0.890. The predicted octanol–water partition coefficient (Wildman–Crippen LogP) is 1.51. The number of amides is 2. The van der Waals surface area contributed by atoms with Crippen LogP contribution in [0.4, 0.5) is 0 Å². The zero-order valence-electron chi connectivity index (χ0n) is 11.1. The van der Waals surface area contributed by atoms with Gasteiger partial charge in [0, 0.05) is 36.1 Å². The van der Waals surface area contributed by atoms with E-state index in [4.69, 9.17) is 0 Å². The number of aromatic nitrogens is 1. The molecule has 0 spiro atoms. The molecule has 0 bridgehead atoms. The van der Waals surface area contributed by atoms with Crippen LogP contribution in [0.3, 0.4) is 0 Å². The molecular weight excluding hydrogens is 256 g/mol. The van der Waals surface area contributed by atoms with Crippen LogP contribution in [0.15, 0.2) is 24.4 Å². The molecule has 1 aromatic carbocycles. The number of nitrogens with one attached hydrogen (secondary N) is 1. The Balaban J connectivity index is 2.12. The van der Waals surface area contributed by atoms with Crippen molar-refractivity contribution >= 4 is 29.0 Å². The van der Waals surface area contributed by atoms with E-state index in [0.29, 0.717) is 18.4 Å². The van der Waals surface area contributed by atoms with Crippen molar-refractivity contribution < 1.29 is 14.4 Å². The highest BCUT2D eigenvalue weighted by Gasteiger charge is 2.28. The van der Waals surface area contributed by atoms with Gasteiger partial charge in [0.15, 0.2) is 6.29 Å². The highest BCUT2D eigenvalue weighted by Crippen LogP contribution is 2.29. The minimum Gasteiger partial charge on any atom is -0.351 e. The fourth-order valence-electron chi connectivity index (χ4n) is 2.73. The molecule has 5 nitrogen and oxygen atoms in total. The van der Waals surface area contributed by atoms with E-state index in [-0.39, 0.29) is 17.7 Å². The Labute approximate surface area is 115 Å². The number of carbonyl (C=O) groups is 3. The van der Waals surface area contributed by atoms with Crippen LogP contribution in [0.5, 0.6) is 0 Å². The molecule has 0 aliphatic carbocycles. The minimum absolute atomic E-state index is 0.234. The van der Waals surface area contributed by atoms with Crippen LogP contribution in [0.2, 0.25) is 0 Å². The summed E-state index contributed by atoms with van der Waals surface area (Å²) in [4.78, 5) is 34.4. The van der Waals surface area contributed by atoms with Crippen molar-refractivity contribution in [2.24, 2.45) is 7.05 Å². The van der Waals surface area contributed by atoms with E-state index >= 15 is 0 Å². The van der Waals surface area contributed by atoms with E-state index in [1.165, 1.54) is 0 Å². The zero-order valence-corrected chi connectivity index (χ0v) is 11.1. The topological polar surface area (TPSA) is 68.2 Å². The summed E-state index contributed by atoms with van der Waals surface area (Å²) in [6.07, 6.45) is 3.50. The molecular formula is C15H14N2O3. The first-order valence-electron chi connectivity index (χ1n) is 6.48. The molecule has 1 aliphatic rings. The Morgan fingerprint density at radius 1 is 1.35 bits per heavy atom. The van der Waals surface area contributed by atoms with Crippen molar-refractivity contribution in [3.05, 3.63) is 35.5 Å². The molecule has 1 N–H and O–H groups in total. The van der Waals surface area contributed by atoms with Gasteiger partial charge in [0.25, 0.3) is 0 Å². The second-order valence-corrected chi connectivity index (χ2v) is 5.09. The number of rotatable bonds is 2. The van der Waals surface area contributed by atoms with Gasteiger partial charge in [0.1, 0.15) is 0 Å². The molecule has 1 saturated heterocycles.